The molecule has 0 saturated heterocycles. The first kappa shape index (κ1) is 21.0. The van der Waals surface area contributed by atoms with Crippen LogP contribution in [0, 0.1) is 0 Å². The summed E-state index contributed by atoms with van der Waals surface area (Å²) in [4.78, 5) is 16.1. The maximum absolute atomic E-state index is 12.5. The minimum absolute atomic E-state index is 0.0772. The number of anilines is 2. The van der Waals surface area contributed by atoms with E-state index in [0.29, 0.717) is 10.8 Å². The fraction of sp³-hybridized carbons (Fsp3) is 0.375. The van der Waals surface area contributed by atoms with Gasteiger partial charge in [-0.3, -0.25) is 4.98 Å². The van der Waals surface area contributed by atoms with Crippen LogP contribution in [0.5, 0.6) is 0 Å². The van der Waals surface area contributed by atoms with Crippen molar-refractivity contribution in [1.29, 1.82) is 0 Å². The Morgan fingerprint density at radius 3 is 2.44 bits per heavy atom. The van der Waals surface area contributed by atoms with E-state index >= 15 is 0 Å². The molecule has 32 heavy (non-hydrogen) atoms. The molecule has 2 aliphatic rings. The molecule has 3 aromatic rings. The third kappa shape index (κ3) is 3.47. The molecule has 1 aliphatic carbocycles. The number of aromatic nitrogens is 3. The van der Waals surface area contributed by atoms with E-state index in [1.807, 2.05) is 36.9 Å². The normalized spacial score (nSPS) is 16.9. The molecule has 3 heterocycles. The topological polar surface area (TPSA) is 102 Å². The highest BCUT2D eigenvalue weighted by atomic mass is 32.2. The van der Waals surface area contributed by atoms with Gasteiger partial charge in [-0.15, -0.1) is 0 Å². The summed E-state index contributed by atoms with van der Waals surface area (Å²) < 4.78 is 24.9. The average molecular weight is 450 g/mol. The maximum atomic E-state index is 12.5. The lowest BCUT2D eigenvalue weighted by molar-refractivity contribution is 0.554. The van der Waals surface area contributed by atoms with E-state index in [-0.39, 0.29) is 11.2 Å². The molecule has 2 N–H and O–H groups in total. The molecule has 0 unspecified atom stereocenters. The molecule has 1 spiro atoms. The Kier molecular flexibility index (Phi) is 4.65. The van der Waals surface area contributed by atoms with Crippen molar-refractivity contribution < 1.29 is 8.42 Å². The number of rotatable bonds is 5. The summed E-state index contributed by atoms with van der Waals surface area (Å²) in [5.41, 5.74) is 10.5. The van der Waals surface area contributed by atoms with Gasteiger partial charge >= 0.3 is 0 Å². The van der Waals surface area contributed by atoms with E-state index in [2.05, 4.69) is 15.0 Å². The van der Waals surface area contributed by atoms with E-state index in [9.17, 15) is 8.42 Å². The number of pyridine rings is 1. The van der Waals surface area contributed by atoms with Gasteiger partial charge in [0.25, 0.3) is 0 Å². The molecule has 2 aromatic heterocycles. The summed E-state index contributed by atoms with van der Waals surface area (Å²) in [5, 5.41) is 0. The van der Waals surface area contributed by atoms with E-state index in [1.165, 1.54) is 5.56 Å². The Balaban J connectivity index is 1.50. The van der Waals surface area contributed by atoms with Crippen LogP contribution < -0.4 is 10.6 Å². The minimum Gasteiger partial charge on any atom is -0.322 e. The zero-order valence-corrected chi connectivity index (χ0v) is 19.4. The van der Waals surface area contributed by atoms with Gasteiger partial charge in [-0.25, -0.2) is 18.4 Å². The third-order valence-corrected chi connectivity index (χ3v) is 8.30. The van der Waals surface area contributed by atoms with Crippen LogP contribution in [0.3, 0.4) is 0 Å². The number of benzene rings is 1. The summed E-state index contributed by atoms with van der Waals surface area (Å²) in [5.74, 6) is 0.647. The molecule has 5 rings (SSSR count). The summed E-state index contributed by atoms with van der Waals surface area (Å²) in [7, 11) is -3.29. The molecule has 8 heteroatoms. The zero-order valence-electron chi connectivity index (χ0n) is 18.5. The lowest BCUT2D eigenvalue weighted by atomic mass is 9.95. The monoisotopic (exact) mass is 449 g/mol. The van der Waals surface area contributed by atoms with Crippen molar-refractivity contribution in [2.75, 3.05) is 17.2 Å². The number of hydrogen-bond donors (Lipinski definition) is 1. The second kappa shape index (κ2) is 7.08. The van der Waals surface area contributed by atoms with Crippen LogP contribution in [0.25, 0.3) is 11.3 Å². The first-order valence-electron chi connectivity index (χ1n) is 10.9. The summed E-state index contributed by atoms with van der Waals surface area (Å²) in [6, 6.07) is 9.38. The van der Waals surface area contributed by atoms with E-state index in [4.69, 9.17) is 5.73 Å². The van der Waals surface area contributed by atoms with Crippen LogP contribution in [-0.4, -0.2) is 35.7 Å². The van der Waals surface area contributed by atoms with E-state index in [1.54, 1.807) is 37.6 Å². The van der Waals surface area contributed by atoms with Crippen molar-refractivity contribution in [3.8, 4) is 11.3 Å². The number of nitrogens with zero attached hydrogens (tertiary/aromatic N) is 4. The lowest BCUT2D eigenvalue weighted by Gasteiger charge is -2.20. The minimum atomic E-state index is -3.29. The largest absolute Gasteiger partial charge is 0.322 e. The Hall–Kier alpha value is -2.84. The van der Waals surface area contributed by atoms with Crippen molar-refractivity contribution in [2.24, 2.45) is 5.73 Å². The van der Waals surface area contributed by atoms with Gasteiger partial charge in [-0.1, -0.05) is 13.0 Å². The molecular weight excluding hydrogens is 422 g/mol. The first-order chi connectivity index (χ1) is 15.1. The van der Waals surface area contributed by atoms with Crippen molar-refractivity contribution >= 4 is 21.5 Å². The molecular formula is C24H27N5O2S. The Labute approximate surface area is 188 Å². The Morgan fingerprint density at radius 2 is 1.81 bits per heavy atom. The van der Waals surface area contributed by atoms with Crippen LogP contribution in [0.2, 0.25) is 0 Å². The van der Waals surface area contributed by atoms with Crippen LogP contribution in [0.1, 0.15) is 44.7 Å². The molecule has 1 aromatic carbocycles. The third-order valence-electron chi connectivity index (χ3n) is 6.56. The maximum Gasteiger partial charge on any atom is 0.229 e. The molecule has 1 saturated carbocycles. The van der Waals surface area contributed by atoms with Gasteiger partial charge in [0.05, 0.1) is 16.3 Å². The first-order valence-corrected chi connectivity index (χ1v) is 12.5. The van der Waals surface area contributed by atoms with Gasteiger partial charge < -0.3 is 10.6 Å². The van der Waals surface area contributed by atoms with Gasteiger partial charge in [-0.05, 0) is 62.1 Å². The highest BCUT2D eigenvalue weighted by Gasteiger charge is 2.52. The summed E-state index contributed by atoms with van der Waals surface area (Å²) in [6.45, 7) is 6.35. The second-order valence-electron chi connectivity index (χ2n) is 9.37. The predicted molar refractivity (Wildman–Crippen MR) is 125 cm³/mol. The van der Waals surface area contributed by atoms with Gasteiger partial charge in [0, 0.05) is 47.3 Å². The fourth-order valence-electron chi connectivity index (χ4n) is 4.36. The van der Waals surface area contributed by atoms with Gasteiger partial charge in [-0.2, -0.15) is 0 Å². The van der Waals surface area contributed by atoms with Crippen molar-refractivity contribution in [3.05, 3.63) is 60.0 Å². The molecule has 166 valence electrons. The van der Waals surface area contributed by atoms with Crippen LogP contribution in [-0.2, 0) is 20.8 Å². The molecule has 0 atom stereocenters. The zero-order chi connectivity index (χ0) is 22.7. The molecule has 0 bridgehead atoms. The van der Waals surface area contributed by atoms with Crippen molar-refractivity contribution in [2.45, 2.75) is 49.5 Å². The summed E-state index contributed by atoms with van der Waals surface area (Å²) in [6.07, 6.45) is 7.47. The quantitative estimate of drug-likeness (QED) is 0.633. The van der Waals surface area contributed by atoms with Crippen LogP contribution >= 0.6 is 0 Å². The van der Waals surface area contributed by atoms with Gasteiger partial charge in [0.15, 0.2) is 9.84 Å². The van der Waals surface area contributed by atoms with Gasteiger partial charge in [0.2, 0.25) is 5.95 Å². The van der Waals surface area contributed by atoms with Crippen molar-refractivity contribution in [1.82, 2.24) is 15.0 Å². The molecule has 0 amide bonds. The van der Waals surface area contributed by atoms with Crippen LogP contribution in [0.15, 0.2) is 53.8 Å². The smallest absolute Gasteiger partial charge is 0.229 e. The highest BCUT2D eigenvalue weighted by molar-refractivity contribution is 7.91. The Morgan fingerprint density at radius 1 is 1.09 bits per heavy atom. The van der Waals surface area contributed by atoms with Gasteiger partial charge in [0.1, 0.15) is 0 Å². The molecule has 7 nitrogen and oxygen atoms in total. The van der Waals surface area contributed by atoms with E-state index in [0.717, 1.165) is 41.9 Å². The average Bonchev–Trinajstić information content (AvgIpc) is 3.50. The Bertz CT molecular complexity index is 1290. The standard InChI is InChI=1S/C24H27N5O2S/c1-4-32(30,31)18-5-6-19-21(12-18)29(15-24(19)8-9-24)22-27-13-16(14-28-22)20-11-17(7-10-26-20)23(2,3)25/h5-7,10-14H,4,8-9,15,25H2,1-3H3. The van der Waals surface area contributed by atoms with Crippen LogP contribution in [0.4, 0.5) is 11.6 Å². The molecule has 1 fully saturated rings. The van der Waals surface area contributed by atoms with E-state index < -0.39 is 15.4 Å². The fourth-order valence-corrected chi connectivity index (χ4v) is 5.26. The summed E-state index contributed by atoms with van der Waals surface area (Å²) >= 11 is 0. The number of hydrogen-bond acceptors (Lipinski definition) is 7. The lowest BCUT2D eigenvalue weighted by Crippen LogP contribution is -2.28. The number of sulfone groups is 1. The molecule has 0 radical (unpaired) electrons. The highest BCUT2D eigenvalue weighted by Crippen LogP contribution is 2.58. The SMILES string of the molecule is CCS(=O)(=O)c1ccc2c(c1)N(c1ncc(-c3cc(C(C)(C)N)ccn3)cn1)CC21CC1. The van der Waals surface area contributed by atoms with Crippen molar-refractivity contribution in [3.63, 3.8) is 0 Å². The predicted octanol–water partition coefficient (Wildman–Crippen LogP) is 3.71. The number of nitrogens with two attached hydrogens (primary N) is 1. The number of fused-ring (bicyclic) bond motifs is 2. The second-order valence-corrected chi connectivity index (χ2v) is 11.7. The molecule has 1 aliphatic heterocycles.